The highest BCUT2D eigenvalue weighted by atomic mass is 16.5. The van der Waals surface area contributed by atoms with Gasteiger partial charge in [0.2, 0.25) is 5.88 Å². The number of hydrogen-bond donors (Lipinski definition) is 2. The first-order valence-corrected chi connectivity index (χ1v) is 9.03. The summed E-state index contributed by atoms with van der Waals surface area (Å²) >= 11 is 0. The number of guanidine groups is 1. The van der Waals surface area contributed by atoms with Gasteiger partial charge in [-0.1, -0.05) is 0 Å². The number of pyridine rings is 1. The summed E-state index contributed by atoms with van der Waals surface area (Å²) in [6, 6.07) is 3.97. The van der Waals surface area contributed by atoms with E-state index in [-0.39, 0.29) is 0 Å². The summed E-state index contributed by atoms with van der Waals surface area (Å²) in [6.45, 7) is 7.62. The van der Waals surface area contributed by atoms with Crippen LogP contribution < -0.4 is 15.4 Å². The first-order chi connectivity index (χ1) is 11.8. The molecule has 0 radical (unpaired) electrons. The highest BCUT2D eigenvalue weighted by Crippen LogP contribution is 2.23. The second-order valence-electron chi connectivity index (χ2n) is 5.85. The Hall–Kier alpha value is -1.82. The van der Waals surface area contributed by atoms with E-state index in [4.69, 9.17) is 9.47 Å². The number of rotatable bonds is 9. The molecule has 1 aliphatic rings. The van der Waals surface area contributed by atoms with Gasteiger partial charge in [-0.05, 0) is 51.2 Å². The van der Waals surface area contributed by atoms with Crippen LogP contribution >= 0.6 is 0 Å². The Morgan fingerprint density at radius 3 is 2.88 bits per heavy atom. The van der Waals surface area contributed by atoms with Crippen LogP contribution in [0.2, 0.25) is 0 Å². The van der Waals surface area contributed by atoms with Crippen LogP contribution in [-0.2, 0) is 11.3 Å². The molecule has 6 nitrogen and oxygen atoms in total. The van der Waals surface area contributed by atoms with Crippen molar-refractivity contribution in [1.82, 2.24) is 15.6 Å². The van der Waals surface area contributed by atoms with Gasteiger partial charge in [0, 0.05) is 32.0 Å². The van der Waals surface area contributed by atoms with E-state index < -0.39 is 0 Å². The molecule has 1 heterocycles. The Morgan fingerprint density at radius 1 is 1.29 bits per heavy atom. The Kier molecular flexibility index (Phi) is 8.38. The zero-order valence-electron chi connectivity index (χ0n) is 14.9. The molecule has 6 heteroatoms. The summed E-state index contributed by atoms with van der Waals surface area (Å²) in [5, 5.41) is 6.51. The van der Waals surface area contributed by atoms with Gasteiger partial charge in [0.1, 0.15) is 6.10 Å². The normalized spacial score (nSPS) is 15.5. The summed E-state index contributed by atoms with van der Waals surface area (Å²) < 4.78 is 11.3. The van der Waals surface area contributed by atoms with Crippen LogP contribution in [0.25, 0.3) is 0 Å². The zero-order valence-corrected chi connectivity index (χ0v) is 14.9. The number of nitrogens with one attached hydrogen (secondary N) is 2. The van der Waals surface area contributed by atoms with Gasteiger partial charge in [0.25, 0.3) is 0 Å². The molecular weight excluding hydrogens is 304 g/mol. The molecule has 0 spiro atoms. The molecule has 0 aromatic carbocycles. The second kappa shape index (κ2) is 10.9. The lowest BCUT2D eigenvalue weighted by Gasteiger charge is -2.13. The van der Waals surface area contributed by atoms with Crippen LogP contribution in [0, 0.1) is 0 Å². The lowest BCUT2D eigenvalue weighted by molar-refractivity contribution is 0.152. The fourth-order valence-electron chi connectivity index (χ4n) is 2.69. The Morgan fingerprint density at radius 2 is 2.12 bits per heavy atom. The Labute approximate surface area is 145 Å². The average Bonchev–Trinajstić information content (AvgIpc) is 3.10. The molecule has 1 saturated carbocycles. The summed E-state index contributed by atoms with van der Waals surface area (Å²) in [5.41, 5.74) is 1.10. The van der Waals surface area contributed by atoms with E-state index in [2.05, 4.69) is 27.5 Å². The van der Waals surface area contributed by atoms with Crippen molar-refractivity contribution in [2.24, 2.45) is 4.99 Å². The lowest BCUT2D eigenvalue weighted by Crippen LogP contribution is -2.39. The fourth-order valence-corrected chi connectivity index (χ4v) is 2.69. The maximum atomic E-state index is 5.95. The average molecular weight is 334 g/mol. The number of aliphatic imine (C=N–C) groups is 1. The first-order valence-electron chi connectivity index (χ1n) is 9.03. The minimum Gasteiger partial charge on any atom is -0.474 e. The van der Waals surface area contributed by atoms with Gasteiger partial charge in [0.15, 0.2) is 5.96 Å². The lowest BCUT2D eigenvalue weighted by atomic mass is 10.2. The van der Waals surface area contributed by atoms with E-state index >= 15 is 0 Å². The molecule has 1 fully saturated rings. The maximum absolute atomic E-state index is 5.95. The highest BCUT2D eigenvalue weighted by Gasteiger charge is 2.16. The number of ether oxygens (including phenoxy) is 2. The molecular formula is C18H30N4O2. The van der Waals surface area contributed by atoms with E-state index in [1.54, 1.807) is 6.20 Å². The standard InChI is InChI=1S/C18H30N4O2/c1-3-19-18(21-11-12-23-4-2)22-14-15-9-10-20-17(13-15)24-16-7-5-6-8-16/h9-10,13,16H,3-8,11-12,14H2,1-2H3,(H2,19,21,22). The molecule has 1 aromatic heterocycles. The van der Waals surface area contributed by atoms with E-state index in [0.29, 0.717) is 25.1 Å². The van der Waals surface area contributed by atoms with E-state index in [0.717, 1.165) is 44.1 Å². The Bertz CT molecular complexity index is 502. The van der Waals surface area contributed by atoms with Crippen LogP contribution in [-0.4, -0.2) is 43.4 Å². The largest absolute Gasteiger partial charge is 0.474 e. The predicted molar refractivity (Wildman–Crippen MR) is 96.4 cm³/mol. The maximum Gasteiger partial charge on any atom is 0.213 e. The topological polar surface area (TPSA) is 67.8 Å². The Balaban J connectivity index is 1.87. The van der Waals surface area contributed by atoms with Crippen LogP contribution in [0.15, 0.2) is 23.3 Å². The van der Waals surface area contributed by atoms with Gasteiger partial charge in [-0.15, -0.1) is 0 Å². The summed E-state index contributed by atoms with van der Waals surface area (Å²) in [7, 11) is 0. The molecule has 134 valence electrons. The molecule has 0 atom stereocenters. The number of nitrogens with zero attached hydrogens (tertiary/aromatic N) is 2. The summed E-state index contributed by atoms with van der Waals surface area (Å²) in [5.74, 6) is 1.51. The minimum absolute atomic E-state index is 0.328. The highest BCUT2D eigenvalue weighted by molar-refractivity contribution is 5.79. The van der Waals surface area contributed by atoms with Crippen molar-refractivity contribution in [3.05, 3.63) is 23.9 Å². The van der Waals surface area contributed by atoms with E-state index in [1.165, 1.54) is 12.8 Å². The van der Waals surface area contributed by atoms with E-state index in [1.807, 2.05) is 19.1 Å². The van der Waals surface area contributed by atoms with Gasteiger partial charge < -0.3 is 20.1 Å². The molecule has 0 bridgehead atoms. The van der Waals surface area contributed by atoms with Crippen molar-refractivity contribution in [3.8, 4) is 5.88 Å². The quantitative estimate of drug-likeness (QED) is 0.413. The predicted octanol–water partition coefficient (Wildman–Crippen LogP) is 2.49. The van der Waals surface area contributed by atoms with Crippen LogP contribution in [0.5, 0.6) is 5.88 Å². The van der Waals surface area contributed by atoms with Crippen LogP contribution in [0.4, 0.5) is 0 Å². The van der Waals surface area contributed by atoms with Crippen LogP contribution in [0.1, 0.15) is 45.1 Å². The monoisotopic (exact) mass is 334 g/mol. The van der Waals surface area contributed by atoms with Gasteiger partial charge in [-0.2, -0.15) is 0 Å². The summed E-state index contributed by atoms with van der Waals surface area (Å²) in [4.78, 5) is 8.93. The molecule has 0 aliphatic heterocycles. The van der Waals surface area contributed by atoms with Crippen molar-refractivity contribution in [1.29, 1.82) is 0 Å². The van der Waals surface area contributed by atoms with Gasteiger partial charge in [-0.3, -0.25) is 0 Å². The molecule has 24 heavy (non-hydrogen) atoms. The first kappa shape index (κ1) is 18.5. The third-order valence-corrected chi connectivity index (χ3v) is 3.90. The molecule has 1 aliphatic carbocycles. The van der Waals surface area contributed by atoms with E-state index in [9.17, 15) is 0 Å². The molecule has 2 N–H and O–H groups in total. The van der Waals surface area contributed by atoms with Gasteiger partial charge in [0.05, 0.1) is 13.2 Å². The molecule has 1 aromatic rings. The van der Waals surface area contributed by atoms with Crippen molar-refractivity contribution in [2.45, 2.75) is 52.2 Å². The van der Waals surface area contributed by atoms with Crippen molar-refractivity contribution >= 4 is 5.96 Å². The van der Waals surface area contributed by atoms with Crippen LogP contribution in [0.3, 0.4) is 0 Å². The van der Waals surface area contributed by atoms with Crippen molar-refractivity contribution in [3.63, 3.8) is 0 Å². The SMILES string of the molecule is CCNC(=NCc1ccnc(OC2CCCC2)c1)NCCOCC. The molecule has 2 rings (SSSR count). The van der Waals surface area contributed by atoms with Gasteiger partial charge >= 0.3 is 0 Å². The minimum atomic E-state index is 0.328. The number of hydrogen-bond acceptors (Lipinski definition) is 4. The zero-order chi connectivity index (χ0) is 17.0. The second-order valence-corrected chi connectivity index (χ2v) is 5.85. The molecule has 0 unspecified atom stereocenters. The third kappa shape index (κ3) is 6.74. The van der Waals surface area contributed by atoms with Crippen molar-refractivity contribution in [2.75, 3.05) is 26.3 Å². The number of aromatic nitrogens is 1. The van der Waals surface area contributed by atoms with Gasteiger partial charge in [-0.25, -0.2) is 9.98 Å². The molecule has 0 saturated heterocycles. The van der Waals surface area contributed by atoms with Crippen molar-refractivity contribution < 1.29 is 9.47 Å². The summed E-state index contributed by atoms with van der Waals surface area (Å²) in [6.07, 6.45) is 6.91. The molecule has 0 amide bonds. The fraction of sp³-hybridized carbons (Fsp3) is 0.667. The smallest absolute Gasteiger partial charge is 0.213 e. The third-order valence-electron chi connectivity index (χ3n) is 3.90.